The average Bonchev–Trinajstić information content (AvgIpc) is 2.77. The van der Waals surface area contributed by atoms with Crippen molar-refractivity contribution in [1.82, 2.24) is 5.32 Å². The van der Waals surface area contributed by atoms with Gasteiger partial charge in [-0.15, -0.1) is 0 Å². The summed E-state index contributed by atoms with van der Waals surface area (Å²) >= 11 is 0. The number of aliphatic hydroxyl groups excluding tert-OH is 1. The summed E-state index contributed by atoms with van der Waals surface area (Å²) in [5.41, 5.74) is -0.483. The first kappa shape index (κ1) is 13.7. The third kappa shape index (κ3) is 3.20. The molecule has 0 saturated carbocycles. The van der Waals surface area contributed by atoms with E-state index < -0.39 is 11.7 Å². The standard InChI is InChI=1S/C12H21NO5/c1-12(2,3)18-9(15)4-13-7-5-16-11-10(7)8(14)6-17-11/h7-8,10-11,13-14H,4-6H2,1-3H3/t7-,8-,10-,11+/m0/s1. The van der Waals surface area contributed by atoms with Crippen molar-refractivity contribution in [3.8, 4) is 0 Å². The molecule has 0 aromatic heterocycles. The average molecular weight is 259 g/mol. The lowest BCUT2D eigenvalue weighted by Gasteiger charge is -2.22. The lowest BCUT2D eigenvalue weighted by atomic mass is 9.98. The maximum absolute atomic E-state index is 11.6. The molecule has 0 amide bonds. The molecule has 0 radical (unpaired) electrons. The first-order valence-electron chi connectivity index (χ1n) is 6.23. The van der Waals surface area contributed by atoms with E-state index in [1.165, 1.54) is 0 Å². The van der Waals surface area contributed by atoms with Gasteiger partial charge in [-0.1, -0.05) is 0 Å². The van der Waals surface area contributed by atoms with Crippen LogP contribution in [0.15, 0.2) is 0 Å². The minimum absolute atomic E-state index is 0.0694. The molecule has 0 aliphatic carbocycles. The maximum Gasteiger partial charge on any atom is 0.320 e. The minimum Gasteiger partial charge on any atom is -0.459 e. The quantitative estimate of drug-likeness (QED) is 0.675. The Labute approximate surface area is 107 Å². The van der Waals surface area contributed by atoms with E-state index in [0.29, 0.717) is 13.2 Å². The van der Waals surface area contributed by atoms with Gasteiger partial charge in [-0.05, 0) is 20.8 Å². The third-order valence-electron chi connectivity index (χ3n) is 3.02. The van der Waals surface area contributed by atoms with Gasteiger partial charge in [0.2, 0.25) is 0 Å². The number of carbonyl (C=O) groups excluding carboxylic acids is 1. The highest BCUT2D eigenvalue weighted by Gasteiger charge is 2.47. The zero-order valence-electron chi connectivity index (χ0n) is 11.0. The van der Waals surface area contributed by atoms with Crippen molar-refractivity contribution < 1.29 is 24.1 Å². The Kier molecular flexibility index (Phi) is 3.91. The number of rotatable bonds is 3. The lowest BCUT2D eigenvalue weighted by Crippen LogP contribution is -2.44. The summed E-state index contributed by atoms with van der Waals surface area (Å²) < 4.78 is 15.9. The van der Waals surface area contributed by atoms with Crippen molar-refractivity contribution in [3.05, 3.63) is 0 Å². The molecule has 0 aromatic carbocycles. The molecule has 2 N–H and O–H groups in total. The topological polar surface area (TPSA) is 77.0 Å². The van der Waals surface area contributed by atoms with Crippen LogP contribution in [0.2, 0.25) is 0 Å². The number of hydrogen-bond acceptors (Lipinski definition) is 6. The summed E-state index contributed by atoms with van der Waals surface area (Å²) in [6, 6.07) is -0.0694. The summed E-state index contributed by atoms with van der Waals surface area (Å²) in [6.45, 7) is 6.33. The molecule has 0 aromatic rings. The zero-order chi connectivity index (χ0) is 13.3. The Bertz CT molecular complexity index is 314. The van der Waals surface area contributed by atoms with Gasteiger partial charge in [-0.2, -0.15) is 0 Å². The number of ether oxygens (including phenoxy) is 3. The van der Waals surface area contributed by atoms with Crippen LogP contribution in [-0.4, -0.2) is 54.9 Å². The first-order chi connectivity index (χ1) is 8.37. The van der Waals surface area contributed by atoms with E-state index >= 15 is 0 Å². The molecular weight excluding hydrogens is 238 g/mol. The lowest BCUT2D eigenvalue weighted by molar-refractivity contribution is -0.153. The number of hydrogen-bond donors (Lipinski definition) is 2. The molecular formula is C12H21NO5. The number of aliphatic hydroxyl groups is 1. The highest BCUT2D eigenvalue weighted by atomic mass is 16.7. The number of nitrogens with one attached hydrogen (secondary N) is 1. The van der Waals surface area contributed by atoms with Crippen molar-refractivity contribution in [2.75, 3.05) is 19.8 Å². The SMILES string of the molecule is CC(C)(C)OC(=O)CN[C@H]1CO[C@@H]2OC[C@H](O)[C@@H]21. The number of esters is 1. The van der Waals surface area contributed by atoms with Gasteiger partial charge in [-0.3, -0.25) is 4.79 Å². The second-order valence-electron chi connectivity index (χ2n) is 5.75. The first-order valence-corrected chi connectivity index (χ1v) is 6.23. The Morgan fingerprint density at radius 2 is 2.06 bits per heavy atom. The Hall–Kier alpha value is -0.690. The molecule has 2 heterocycles. The van der Waals surface area contributed by atoms with Crippen LogP contribution in [-0.2, 0) is 19.0 Å². The van der Waals surface area contributed by atoms with E-state index in [1.807, 2.05) is 20.8 Å². The van der Waals surface area contributed by atoms with Crippen LogP contribution in [0.1, 0.15) is 20.8 Å². The fourth-order valence-electron chi connectivity index (χ4n) is 2.31. The van der Waals surface area contributed by atoms with Gasteiger partial charge in [0, 0.05) is 6.04 Å². The highest BCUT2D eigenvalue weighted by Crippen LogP contribution is 2.31. The zero-order valence-corrected chi connectivity index (χ0v) is 11.0. The summed E-state index contributed by atoms with van der Waals surface area (Å²) in [4.78, 5) is 11.6. The molecule has 6 nitrogen and oxygen atoms in total. The van der Waals surface area contributed by atoms with Crippen LogP contribution in [0.5, 0.6) is 0 Å². The molecule has 0 bridgehead atoms. The van der Waals surface area contributed by atoms with E-state index in [0.717, 1.165) is 0 Å². The summed E-state index contributed by atoms with van der Waals surface area (Å²) in [5.74, 6) is -0.410. The summed E-state index contributed by atoms with van der Waals surface area (Å²) in [6.07, 6.45) is -0.884. The van der Waals surface area contributed by atoms with Crippen LogP contribution in [0, 0.1) is 5.92 Å². The Balaban J connectivity index is 1.79. The predicted molar refractivity (Wildman–Crippen MR) is 62.8 cm³/mol. The molecule has 2 aliphatic heterocycles. The number of carbonyl (C=O) groups is 1. The molecule has 18 heavy (non-hydrogen) atoms. The smallest absolute Gasteiger partial charge is 0.320 e. The van der Waals surface area contributed by atoms with Crippen molar-refractivity contribution in [1.29, 1.82) is 0 Å². The molecule has 0 unspecified atom stereocenters. The largest absolute Gasteiger partial charge is 0.459 e. The molecule has 2 rings (SSSR count). The summed E-state index contributed by atoms with van der Waals surface area (Å²) in [5, 5.41) is 12.8. The van der Waals surface area contributed by atoms with Gasteiger partial charge < -0.3 is 24.6 Å². The van der Waals surface area contributed by atoms with Gasteiger partial charge in [0.15, 0.2) is 6.29 Å². The van der Waals surface area contributed by atoms with Crippen LogP contribution in [0.4, 0.5) is 0 Å². The van der Waals surface area contributed by atoms with E-state index in [2.05, 4.69) is 5.32 Å². The summed E-state index contributed by atoms with van der Waals surface area (Å²) in [7, 11) is 0. The van der Waals surface area contributed by atoms with E-state index in [4.69, 9.17) is 14.2 Å². The van der Waals surface area contributed by atoms with Crippen LogP contribution in [0.25, 0.3) is 0 Å². The van der Waals surface area contributed by atoms with Gasteiger partial charge in [0.25, 0.3) is 0 Å². The van der Waals surface area contributed by atoms with Crippen LogP contribution < -0.4 is 5.32 Å². The fourth-order valence-corrected chi connectivity index (χ4v) is 2.31. The van der Waals surface area contributed by atoms with E-state index in [9.17, 15) is 9.90 Å². The highest BCUT2D eigenvalue weighted by molar-refractivity contribution is 5.72. The fraction of sp³-hybridized carbons (Fsp3) is 0.917. The molecule has 2 saturated heterocycles. The van der Waals surface area contributed by atoms with Crippen molar-refractivity contribution >= 4 is 5.97 Å². The normalized spacial score (nSPS) is 35.6. The van der Waals surface area contributed by atoms with Crippen molar-refractivity contribution in [3.63, 3.8) is 0 Å². The molecule has 4 atom stereocenters. The Morgan fingerprint density at radius 1 is 1.39 bits per heavy atom. The molecule has 2 fully saturated rings. The van der Waals surface area contributed by atoms with Crippen LogP contribution >= 0.6 is 0 Å². The van der Waals surface area contributed by atoms with E-state index in [-0.39, 0.29) is 30.8 Å². The van der Waals surface area contributed by atoms with Gasteiger partial charge in [0.1, 0.15) is 5.60 Å². The predicted octanol–water partition coefficient (Wildman–Crippen LogP) is -0.350. The third-order valence-corrected chi connectivity index (χ3v) is 3.02. The van der Waals surface area contributed by atoms with Crippen molar-refractivity contribution in [2.45, 2.75) is 44.8 Å². The number of fused-ring (bicyclic) bond motifs is 1. The van der Waals surface area contributed by atoms with Gasteiger partial charge in [0.05, 0.1) is 31.8 Å². The van der Waals surface area contributed by atoms with Gasteiger partial charge >= 0.3 is 5.97 Å². The van der Waals surface area contributed by atoms with Crippen molar-refractivity contribution in [2.24, 2.45) is 5.92 Å². The van der Waals surface area contributed by atoms with Gasteiger partial charge in [-0.25, -0.2) is 0 Å². The minimum atomic E-state index is -0.534. The molecule has 104 valence electrons. The maximum atomic E-state index is 11.6. The monoisotopic (exact) mass is 259 g/mol. The second kappa shape index (κ2) is 5.13. The molecule has 6 heteroatoms. The molecule has 0 spiro atoms. The Morgan fingerprint density at radius 3 is 2.72 bits per heavy atom. The van der Waals surface area contributed by atoms with Crippen LogP contribution in [0.3, 0.4) is 0 Å². The second-order valence-corrected chi connectivity index (χ2v) is 5.75. The van der Waals surface area contributed by atoms with E-state index in [1.54, 1.807) is 0 Å². The molecule has 2 aliphatic rings.